The Labute approximate surface area is 121 Å². The van der Waals surface area contributed by atoms with Crippen molar-refractivity contribution in [2.24, 2.45) is 0 Å². The number of aryl methyl sites for hydroxylation is 2. The minimum Gasteiger partial charge on any atom is -0.389 e. The smallest absolute Gasteiger partial charge is 0.0945 e. The zero-order chi connectivity index (χ0) is 14.4. The maximum Gasteiger partial charge on any atom is 0.0945 e. The van der Waals surface area contributed by atoms with E-state index in [1.54, 1.807) is 0 Å². The van der Waals surface area contributed by atoms with E-state index < -0.39 is 6.10 Å². The van der Waals surface area contributed by atoms with Crippen LogP contribution in [0.25, 0.3) is 0 Å². The Kier molecular flexibility index (Phi) is 5.83. The first-order chi connectivity index (χ1) is 9.65. The number of rotatable bonds is 7. The van der Waals surface area contributed by atoms with Crippen molar-refractivity contribution in [2.75, 3.05) is 31.7 Å². The predicted molar refractivity (Wildman–Crippen MR) is 80.2 cm³/mol. The highest BCUT2D eigenvalue weighted by Gasteiger charge is 2.16. The molecule has 0 aromatic heterocycles. The van der Waals surface area contributed by atoms with Gasteiger partial charge < -0.3 is 19.9 Å². The molecule has 2 rings (SSSR count). The van der Waals surface area contributed by atoms with Crippen LogP contribution in [-0.4, -0.2) is 43.7 Å². The fourth-order valence-electron chi connectivity index (χ4n) is 2.41. The third kappa shape index (κ3) is 4.78. The number of anilines is 1. The summed E-state index contributed by atoms with van der Waals surface area (Å²) in [6.07, 6.45) is 1.90. The lowest BCUT2D eigenvalue weighted by Gasteiger charge is -2.16. The Morgan fingerprint density at radius 3 is 3.00 bits per heavy atom. The Hall–Kier alpha value is -1.10. The molecule has 0 saturated carbocycles. The number of benzene rings is 1. The van der Waals surface area contributed by atoms with Gasteiger partial charge in [-0.15, -0.1) is 0 Å². The molecule has 4 heteroatoms. The van der Waals surface area contributed by atoms with Crippen molar-refractivity contribution >= 4 is 5.69 Å². The lowest BCUT2D eigenvalue weighted by atomic mass is 10.1. The van der Waals surface area contributed by atoms with E-state index in [2.05, 4.69) is 31.3 Å². The van der Waals surface area contributed by atoms with E-state index in [1.807, 2.05) is 6.07 Å². The van der Waals surface area contributed by atoms with Gasteiger partial charge in [-0.3, -0.25) is 0 Å². The minimum absolute atomic E-state index is 0.217. The number of hydrogen-bond donors (Lipinski definition) is 2. The molecule has 1 aromatic rings. The van der Waals surface area contributed by atoms with Crippen LogP contribution in [0.4, 0.5) is 5.69 Å². The van der Waals surface area contributed by atoms with Gasteiger partial charge >= 0.3 is 0 Å². The maximum atomic E-state index is 9.90. The van der Waals surface area contributed by atoms with Crippen LogP contribution >= 0.6 is 0 Å². The lowest BCUT2D eigenvalue weighted by molar-refractivity contribution is -0.0137. The van der Waals surface area contributed by atoms with Crippen molar-refractivity contribution in [3.05, 3.63) is 29.3 Å². The monoisotopic (exact) mass is 279 g/mol. The highest BCUT2D eigenvalue weighted by atomic mass is 16.5. The van der Waals surface area contributed by atoms with Gasteiger partial charge in [-0.05, 0) is 38.3 Å². The minimum atomic E-state index is -0.503. The molecule has 4 nitrogen and oxygen atoms in total. The number of aliphatic hydroxyl groups is 1. The lowest BCUT2D eigenvalue weighted by Crippen LogP contribution is -2.27. The van der Waals surface area contributed by atoms with E-state index in [9.17, 15) is 5.11 Å². The maximum absolute atomic E-state index is 9.90. The van der Waals surface area contributed by atoms with Gasteiger partial charge in [0.05, 0.1) is 25.4 Å². The van der Waals surface area contributed by atoms with Crippen LogP contribution in [0.5, 0.6) is 0 Å². The predicted octanol–water partition coefficient (Wildman–Crippen LogP) is 2.27. The van der Waals surface area contributed by atoms with E-state index in [0.717, 1.165) is 25.1 Å². The molecule has 1 fully saturated rings. The van der Waals surface area contributed by atoms with Gasteiger partial charge in [-0.2, -0.15) is 0 Å². The Bertz CT molecular complexity index is 416. The largest absolute Gasteiger partial charge is 0.389 e. The van der Waals surface area contributed by atoms with Crippen LogP contribution in [0.2, 0.25) is 0 Å². The topological polar surface area (TPSA) is 50.7 Å². The van der Waals surface area contributed by atoms with Crippen LogP contribution in [-0.2, 0) is 9.47 Å². The van der Waals surface area contributed by atoms with Crippen molar-refractivity contribution < 1.29 is 14.6 Å². The summed E-state index contributed by atoms with van der Waals surface area (Å²) in [4.78, 5) is 0. The van der Waals surface area contributed by atoms with Crippen molar-refractivity contribution in [2.45, 2.75) is 38.9 Å². The SMILES string of the molecule is Cc1ccc(NCC(O)COCC2CCCO2)c(C)c1. The van der Waals surface area contributed by atoms with E-state index in [-0.39, 0.29) is 6.10 Å². The highest BCUT2D eigenvalue weighted by molar-refractivity contribution is 5.51. The molecule has 1 aliphatic heterocycles. The zero-order valence-electron chi connectivity index (χ0n) is 12.4. The van der Waals surface area contributed by atoms with E-state index in [0.29, 0.717) is 19.8 Å². The number of hydrogen-bond acceptors (Lipinski definition) is 4. The third-order valence-corrected chi connectivity index (χ3v) is 3.55. The molecule has 0 spiro atoms. The van der Waals surface area contributed by atoms with Crippen molar-refractivity contribution in [3.8, 4) is 0 Å². The van der Waals surface area contributed by atoms with Crippen LogP contribution < -0.4 is 5.32 Å². The summed E-state index contributed by atoms with van der Waals surface area (Å²) < 4.78 is 11.0. The summed E-state index contributed by atoms with van der Waals surface area (Å²) in [6.45, 7) is 6.40. The summed E-state index contributed by atoms with van der Waals surface area (Å²) in [7, 11) is 0. The van der Waals surface area contributed by atoms with Gasteiger partial charge in [0.2, 0.25) is 0 Å². The molecule has 2 atom stereocenters. The fourth-order valence-corrected chi connectivity index (χ4v) is 2.41. The summed E-state index contributed by atoms with van der Waals surface area (Å²) >= 11 is 0. The summed E-state index contributed by atoms with van der Waals surface area (Å²) in [5.74, 6) is 0. The van der Waals surface area contributed by atoms with Gasteiger partial charge in [-0.1, -0.05) is 17.7 Å². The summed E-state index contributed by atoms with van der Waals surface area (Å²) in [5.41, 5.74) is 3.50. The van der Waals surface area contributed by atoms with E-state index >= 15 is 0 Å². The van der Waals surface area contributed by atoms with Gasteiger partial charge in [0.15, 0.2) is 0 Å². The Balaban J connectivity index is 1.65. The molecule has 1 aromatic carbocycles. The van der Waals surface area contributed by atoms with Crippen LogP contribution in [0.3, 0.4) is 0 Å². The quantitative estimate of drug-likeness (QED) is 0.804. The first kappa shape index (κ1) is 15.3. The first-order valence-corrected chi connectivity index (χ1v) is 7.33. The van der Waals surface area contributed by atoms with Gasteiger partial charge in [0.1, 0.15) is 0 Å². The molecule has 1 aliphatic rings. The standard InChI is InChI=1S/C16H25NO3/c1-12-5-6-16(13(2)8-12)17-9-14(18)10-19-11-15-4-3-7-20-15/h5-6,8,14-15,17-18H,3-4,7,9-11H2,1-2H3. The zero-order valence-corrected chi connectivity index (χ0v) is 12.4. The molecule has 20 heavy (non-hydrogen) atoms. The Morgan fingerprint density at radius 1 is 1.45 bits per heavy atom. The summed E-state index contributed by atoms with van der Waals surface area (Å²) in [6, 6.07) is 6.24. The van der Waals surface area contributed by atoms with Gasteiger partial charge in [0, 0.05) is 18.8 Å². The molecular weight excluding hydrogens is 254 g/mol. The fraction of sp³-hybridized carbons (Fsp3) is 0.625. The average Bonchev–Trinajstić information content (AvgIpc) is 2.91. The molecule has 2 N–H and O–H groups in total. The molecular formula is C16H25NO3. The molecule has 0 amide bonds. The normalized spacial score (nSPS) is 20.1. The summed E-state index contributed by atoms with van der Waals surface area (Å²) in [5, 5.41) is 13.2. The molecule has 0 aliphatic carbocycles. The van der Waals surface area contributed by atoms with E-state index in [1.165, 1.54) is 11.1 Å². The Morgan fingerprint density at radius 2 is 2.30 bits per heavy atom. The van der Waals surface area contributed by atoms with Crippen LogP contribution in [0.15, 0.2) is 18.2 Å². The molecule has 1 saturated heterocycles. The second-order valence-corrected chi connectivity index (χ2v) is 5.53. The third-order valence-electron chi connectivity index (χ3n) is 3.55. The molecule has 112 valence electrons. The second kappa shape index (κ2) is 7.62. The van der Waals surface area contributed by atoms with Crippen LogP contribution in [0, 0.1) is 13.8 Å². The van der Waals surface area contributed by atoms with Crippen molar-refractivity contribution in [1.29, 1.82) is 0 Å². The molecule has 2 unspecified atom stereocenters. The molecule has 1 heterocycles. The van der Waals surface area contributed by atoms with Crippen molar-refractivity contribution in [1.82, 2.24) is 0 Å². The molecule has 0 radical (unpaired) electrons. The van der Waals surface area contributed by atoms with E-state index in [4.69, 9.17) is 9.47 Å². The second-order valence-electron chi connectivity index (χ2n) is 5.53. The highest BCUT2D eigenvalue weighted by Crippen LogP contribution is 2.16. The first-order valence-electron chi connectivity index (χ1n) is 7.33. The number of aliphatic hydroxyl groups excluding tert-OH is 1. The number of nitrogens with one attached hydrogen (secondary N) is 1. The molecule has 0 bridgehead atoms. The van der Waals surface area contributed by atoms with Crippen LogP contribution in [0.1, 0.15) is 24.0 Å². The average molecular weight is 279 g/mol. The van der Waals surface area contributed by atoms with Crippen molar-refractivity contribution in [3.63, 3.8) is 0 Å². The van der Waals surface area contributed by atoms with Gasteiger partial charge in [-0.25, -0.2) is 0 Å². The van der Waals surface area contributed by atoms with Gasteiger partial charge in [0.25, 0.3) is 0 Å². The number of ether oxygens (including phenoxy) is 2.